The van der Waals surface area contributed by atoms with Crippen molar-refractivity contribution in [2.45, 2.75) is 26.4 Å². The Morgan fingerprint density at radius 2 is 1.67 bits per heavy atom. The molecule has 0 bridgehead atoms. The van der Waals surface area contributed by atoms with Gasteiger partial charge in [-0.1, -0.05) is 49.4 Å². The van der Waals surface area contributed by atoms with Crippen molar-refractivity contribution in [3.05, 3.63) is 65.7 Å². The summed E-state index contributed by atoms with van der Waals surface area (Å²) in [4.78, 5) is 11.0. The summed E-state index contributed by atoms with van der Waals surface area (Å²) < 4.78 is 10.8. The topological polar surface area (TPSA) is 35.5 Å². The van der Waals surface area contributed by atoms with Crippen molar-refractivity contribution in [3.8, 4) is 5.75 Å². The van der Waals surface area contributed by atoms with Crippen molar-refractivity contribution in [1.29, 1.82) is 0 Å². The molecule has 0 heterocycles. The number of carbonyl (C=O) groups excluding carboxylic acids is 1. The molecule has 0 radical (unpaired) electrons. The van der Waals surface area contributed by atoms with Crippen LogP contribution >= 0.6 is 0 Å². The minimum absolute atomic E-state index is 0.155. The van der Waals surface area contributed by atoms with Crippen molar-refractivity contribution >= 4 is 5.97 Å². The summed E-state index contributed by atoms with van der Waals surface area (Å²) in [7, 11) is 0. The fourth-order valence-electron chi connectivity index (χ4n) is 1.88. The molecule has 0 fully saturated rings. The molecule has 0 saturated carbocycles. The molecule has 0 aliphatic rings. The van der Waals surface area contributed by atoms with Crippen LogP contribution in [0.4, 0.5) is 0 Å². The molecule has 2 aromatic carbocycles. The number of hydrogen-bond acceptors (Lipinski definition) is 3. The van der Waals surface area contributed by atoms with Gasteiger partial charge in [-0.3, -0.25) is 4.79 Å². The van der Waals surface area contributed by atoms with E-state index in [2.05, 4.69) is 0 Å². The van der Waals surface area contributed by atoms with Crippen molar-refractivity contribution in [3.63, 3.8) is 0 Å². The van der Waals surface area contributed by atoms with E-state index in [1.165, 1.54) is 0 Å². The molecule has 3 nitrogen and oxygen atoms in total. The molecule has 110 valence electrons. The molecule has 0 N–H and O–H groups in total. The largest absolute Gasteiger partial charge is 0.489 e. The van der Waals surface area contributed by atoms with Crippen LogP contribution in [-0.2, 0) is 22.6 Å². The Labute approximate surface area is 125 Å². The number of rotatable bonds is 7. The van der Waals surface area contributed by atoms with E-state index in [0.717, 1.165) is 23.3 Å². The van der Waals surface area contributed by atoms with Gasteiger partial charge in [0.1, 0.15) is 12.4 Å². The van der Waals surface area contributed by atoms with Crippen LogP contribution < -0.4 is 4.74 Å². The second-order valence-electron chi connectivity index (χ2n) is 4.74. The predicted molar refractivity (Wildman–Crippen MR) is 82.2 cm³/mol. The number of benzene rings is 2. The molecule has 0 spiro atoms. The Kier molecular flexibility index (Phi) is 5.83. The van der Waals surface area contributed by atoms with Crippen LogP contribution in [0.2, 0.25) is 0 Å². The normalized spacial score (nSPS) is 10.1. The molecule has 0 aliphatic heterocycles. The van der Waals surface area contributed by atoms with Gasteiger partial charge in [-0.05, 0) is 23.3 Å². The standard InChI is InChI=1S/C18H20O3/c1-2-18(19)20-13-12-15-8-10-17(11-9-15)21-14-16-6-4-3-5-7-16/h3-11H,2,12-14H2,1H3. The molecule has 2 aromatic rings. The molecule has 0 aromatic heterocycles. The third-order valence-corrected chi connectivity index (χ3v) is 3.11. The first-order valence-electron chi connectivity index (χ1n) is 7.19. The van der Waals surface area contributed by atoms with E-state index in [-0.39, 0.29) is 5.97 Å². The minimum Gasteiger partial charge on any atom is -0.489 e. The van der Waals surface area contributed by atoms with Gasteiger partial charge in [-0.25, -0.2) is 0 Å². The van der Waals surface area contributed by atoms with Gasteiger partial charge in [0.25, 0.3) is 0 Å². The minimum atomic E-state index is -0.155. The van der Waals surface area contributed by atoms with Crippen molar-refractivity contribution < 1.29 is 14.3 Å². The highest BCUT2D eigenvalue weighted by Gasteiger charge is 2.00. The smallest absolute Gasteiger partial charge is 0.305 e. The van der Waals surface area contributed by atoms with Crippen molar-refractivity contribution in [2.75, 3.05) is 6.61 Å². The van der Waals surface area contributed by atoms with E-state index in [0.29, 0.717) is 19.6 Å². The van der Waals surface area contributed by atoms with Crippen LogP contribution in [0.15, 0.2) is 54.6 Å². The van der Waals surface area contributed by atoms with E-state index < -0.39 is 0 Å². The monoisotopic (exact) mass is 284 g/mol. The Hall–Kier alpha value is -2.29. The van der Waals surface area contributed by atoms with Gasteiger partial charge in [0, 0.05) is 12.8 Å². The average Bonchev–Trinajstić information content (AvgIpc) is 2.55. The average molecular weight is 284 g/mol. The number of carbonyl (C=O) groups is 1. The van der Waals surface area contributed by atoms with Gasteiger partial charge in [0.05, 0.1) is 6.61 Å². The van der Waals surface area contributed by atoms with Gasteiger partial charge in [-0.2, -0.15) is 0 Å². The van der Waals surface area contributed by atoms with Gasteiger partial charge in [0.15, 0.2) is 0 Å². The van der Waals surface area contributed by atoms with E-state index in [4.69, 9.17) is 9.47 Å². The zero-order chi connectivity index (χ0) is 14.9. The fraction of sp³-hybridized carbons (Fsp3) is 0.278. The van der Waals surface area contributed by atoms with Crippen LogP contribution in [0, 0.1) is 0 Å². The molecular weight excluding hydrogens is 264 g/mol. The molecule has 0 atom stereocenters. The van der Waals surface area contributed by atoms with Crippen molar-refractivity contribution in [2.24, 2.45) is 0 Å². The summed E-state index contributed by atoms with van der Waals surface area (Å²) in [6.45, 7) is 2.78. The van der Waals surface area contributed by atoms with Crippen molar-refractivity contribution in [1.82, 2.24) is 0 Å². The second-order valence-corrected chi connectivity index (χ2v) is 4.74. The lowest BCUT2D eigenvalue weighted by atomic mass is 10.1. The fourth-order valence-corrected chi connectivity index (χ4v) is 1.88. The quantitative estimate of drug-likeness (QED) is 0.726. The molecule has 3 heteroatoms. The maximum absolute atomic E-state index is 11.0. The Bertz CT molecular complexity index is 546. The Balaban J connectivity index is 1.78. The van der Waals surface area contributed by atoms with Crippen LogP contribution in [0.5, 0.6) is 5.75 Å². The molecule has 0 amide bonds. The van der Waals surface area contributed by atoms with Crippen LogP contribution in [0.3, 0.4) is 0 Å². The molecule has 0 unspecified atom stereocenters. The second kappa shape index (κ2) is 8.10. The number of hydrogen-bond donors (Lipinski definition) is 0. The van der Waals surface area contributed by atoms with E-state index in [1.54, 1.807) is 6.92 Å². The first-order valence-corrected chi connectivity index (χ1v) is 7.19. The first kappa shape index (κ1) is 15.1. The maximum atomic E-state index is 11.0. The highest BCUT2D eigenvalue weighted by molar-refractivity contribution is 5.68. The van der Waals surface area contributed by atoms with E-state index >= 15 is 0 Å². The zero-order valence-electron chi connectivity index (χ0n) is 12.2. The van der Waals surface area contributed by atoms with E-state index in [9.17, 15) is 4.79 Å². The highest BCUT2D eigenvalue weighted by atomic mass is 16.5. The Morgan fingerprint density at radius 1 is 0.952 bits per heavy atom. The summed E-state index contributed by atoms with van der Waals surface area (Å²) in [5, 5.41) is 0. The lowest BCUT2D eigenvalue weighted by Crippen LogP contribution is -2.05. The van der Waals surface area contributed by atoms with Gasteiger partial charge >= 0.3 is 5.97 Å². The van der Waals surface area contributed by atoms with Gasteiger partial charge < -0.3 is 9.47 Å². The zero-order valence-corrected chi connectivity index (χ0v) is 12.2. The molecule has 0 saturated heterocycles. The molecular formula is C18H20O3. The predicted octanol–water partition coefficient (Wildman–Crippen LogP) is 3.76. The first-order chi connectivity index (χ1) is 10.3. The lowest BCUT2D eigenvalue weighted by Gasteiger charge is -2.08. The molecule has 0 aliphatic carbocycles. The molecule has 2 rings (SSSR count). The maximum Gasteiger partial charge on any atom is 0.305 e. The van der Waals surface area contributed by atoms with Crippen LogP contribution in [0.25, 0.3) is 0 Å². The lowest BCUT2D eigenvalue weighted by molar-refractivity contribution is -0.143. The van der Waals surface area contributed by atoms with Gasteiger partial charge in [-0.15, -0.1) is 0 Å². The summed E-state index contributed by atoms with van der Waals surface area (Å²) in [6, 6.07) is 18.0. The van der Waals surface area contributed by atoms with Crippen LogP contribution in [-0.4, -0.2) is 12.6 Å². The summed E-state index contributed by atoms with van der Waals surface area (Å²) in [5.74, 6) is 0.686. The SMILES string of the molecule is CCC(=O)OCCc1ccc(OCc2ccccc2)cc1. The number of ether oxygens (including phenoxy) is 2. The highest BCUT2D eigenvalue weighted by Crippen LogP contribution is 2.14. The number of esters is 1. The summed E-state index contributed by atoms with van der Waals surface area (Å²) in [5.41, 5.74) is 2.28. The summed E-state index contributed by atoms with van der Waals surface area (Å²) in [6.07, 6.45) is 1.15. The van der Waals surface area contributed by atoms with Gasteiger partial charge in [0.2, 0.25) is 0 Å². The van der Waals surface area contributed by atoms with E-state index in [1.807, 2.05) is 54.6 Å². The summed E-state index contributed by atoms with van der Waals surface area (Å²) >= 11 is 0. The Morgan fingerprint density at radius 3 is 2.33 bits per heavy atom. The molecule has 21 heavy (non-hydrogen) atoms. The van der Waals surface area contributed by atoms with Crippen LogP contribution in [0.1, 0.15) is 24.5 Å². The third-order valence-electron chi connectivity index (χ3n) is 3.11. The third kappa shape index (κ3) is 5.30.